The summed E-state index contributed by atoms with van der Waals surface area (Å²) in [5, 5.41) is 21.2. The number of aromatic nitrogens is 5. The molecule has 0 saturated carbocycles. The van der Waals surface area contributed by atoms with Crippen LogP contribution in [-0.2, 0) is 10.2 Å². The van der Waals surface area contributed by atoms with Crippen LogP contribution < -0.4 is 10.2 Å². The Morgan fingerprint density at radius 1 is 1.12 bits per heavy atom. The van der Waals surface area contributed by atoms with Crippen molar-refractivity contribution in [3.05, 3.63) is 78.0 Å². The average Bonchev–Trinajstić information content (AvgIpc) is 3.53. The van der Waals surface area contributed by atoms with E-state index in [1.54, 1.807) is 42.4 Å². The second kappa shape index (κ2) is 13.1. The zero-order valence-electron chi connectivity index (χ0n) is 25.1. The van der Waals surface area contributed by atoms with Crippen molar-refractivity contribution in [1.29, 1.82) is 5.26 Å². The Morgan fingerprint density at radius 3 is 2.70 bits per heavy atom. The van der Waals surface area contributed by atoms with E-state index in [4.69, 9.17) is 4.74 Å². The van der Waals surface area contributed by atoms with Crippen LogP contribution in [0.4, 0.5) is 11.4 Å². The van der Waals surface area contributed by atoms with Crippen LogP contribution in [0.15, 0.2) is 61.2 Å². The molecule has 1 fully saturated rings. The number of amides is 1. The van der Waals surface area contributed by atoms with Gasteiger partial charge in [-0.1, -0.05) is 17.3 Å². The van der Waals surface area contributed by atoms with Crippen molar-refractivity contribution in [1.82, 2.24) is 29.9 Å². The molecule has 11 nitrogen and oxygen atoms in total. The second-order valence-corrected chi connectivity index (χ2v) is 11.3. The number of nitrogens with zero attached hydrogens (tertiary/aromatic N) is 8. The number of hydrogen-bond donors (Lipinski definition) is 1. The lowest BCUT2D eigenvalue weighted by atomic mass is 9.85. The molecule has 1 aliphatic heterocycles. The van der Waals surface area contributed by atoms with E-state index in [-0.39, 0.29) is 5.91 Å². The standard InChI is InChI=1S/C32H37N9O2/c1-23-30(17-27(19-35-23)36-31(42)24-7-5-8-26(15-24)32(2,3)22-33)41-21-29(37-38-41)25-16-28(20-34-18-25)40-12-10-39(11-13-40)9-6-14-43-4/h5,7-8,15-21H,6,9-14H2,1-4H3,(H,36,42). The van der Waals surface area contributed by atoms with E-state index in [2.05, 4.69) is 47.5 Å². The first kappa shape index (κ1) is 29.8. The van der Waals surface area contributed by atoms with Crippen molar-refractivity contribution < 1.29 is 9.53 Å². The van der Waals surface area contributed by atoms with Gasteiger partial charge in [-0.2, -0.15) is 5.26 Å². The maximum absolute atomic E-state index is 13.1. The van der Waals surface area contributed by atoms with Gasteiger partial charge in [-0.05, 0) is 57.0 Å². The Hall–Kier alpha value is -4.66. The molecule has 4 heterocycles. The number of ether oxygens (including phenoxy) is 1. The number of rotatable bonds is 10. The summed E-state index contributed by atoms with van der Waals surface area (Å²) >= 11 is 0. The van der Waals surface area contributed by atoms with Crippen molar-refractivity contribution in [3.63, 3.8) is 0 Å². The highest BCUT2D eigenvalue weighted by Crippen LogP contribution is 2.26. The van der Waals surface area contributed by atoms with E-state index in [0.29, 0.717) is 22.6 Å². The van der Waals surface area contributed by atoms with Gasteiger partial charge < -0.3 is 15.0 Å². The fourth-order valence-electron chi connectivity index (χ4n) is 5.06. The first-order valence-corrected chi connectivity index (χ1v) is 14.4. The summed E-state index contributed by atoms with van der Waals surface area (Å²) in [5.41, 5.74) is 5.14. The molecule has 0 aliphatic carbocycles. The first-order chi connectivity index (χ1) is 20.8. The van der Waals surface area contributed by atoms with Crippen LogP contribution in [0.2, 0.25) is 0 Å². The third-order valence-electron chi connectivity index (χ3n) is 7.76. The molecule has 0 radical (unpaired) electrons. The Bertz CT molecular complexity index is 1620. The summed E-state index contributed by atoms with van der Waals surface area (Å²) in [4.78, 5) is 26.9. The van der Waals surface area contributed by atoms with Gasteiger partial charge >= 0.3 is 0 Å². The summed E-state index contributed by atoms with van der Waals surface area (Å²) in [6, 6.07) is 13.3. The number of pyridine rings is 2. The SMILES string of the molecule is COCCCN1CCN(c2cncc(-c3cn(-c4cc(NC(=O)c5cccc(C(C)(C)C#N)c5)cnc4C)nn3)c2)CC1. The maximum Gasteiger partial charge on any atom is 0.255 e. The molecule has 11 heteroatoms. The van der Waals surface area contributed by atoms with Crippen LogP contribution in [0.1, 0.15) is 41.9 Å². The number of benzene rings is 1. The molecular formula is C32H37N9O2. The number of methoxy groups -OCH3 is 1. The number of hydrogen-bond acceptors (Lipinski definition) is 9. The smallest absolute Gasteiger partial charge is 0.255 e. The van der Waals surface area contributed by atoms with E-state index in [1.165, 1.54) is 0 Å². The molecule has 0 unspecified atom stereocenters. The van der Waals surface area contributed by atoms with Crippen LogP contribution in [0.3, 0.4) is 0 Å². The second-order valence-electron chi connectivity index (χ2n) is 11.3. The largest absolute Gasteiger partial charge is 0.385 e. The van der Waals surface area contributed by atoms with Gasteiger partial charge in [0.05, 0.1) is 52.8 Å². The normalized spacial score (nSPS) is 14.0. The van der Waals surface area contributed by atoms with Gasteiger partial charge in [0.25, 0.3) is 5.91 Å². The summed E-state index contributed by atoms with van der Waals surface area (Å²) in [6.07, 6.45) is 8.19. The highest BCUT2D eigenvalue weighted by molar-refractivity contribution is 6.04. The molecule has 4 aromatic rings. The minimum atomic E-state index is -0.701. The molecule has 43 heavy (non-hydrogen) atoms. The Balaban J connectivity index is 1.29. The minimum absolute atomic E-state index is 0.287. The minimum Gasteiger partial charge on any atom is -0.385 e. The molecule has 1 N–H and O–H groups in total. The number of anilines is 2. The number of piperazine rings is 1. The predicted molar refractivity (Wildman–Crippen MR) is 165 cm³/mol. The number of nitrogens with one attached hydrogen (secondary N) is 1. The molecule has 0 bridgehead atoms. The average molecular weight is 580 g/mol. The van der Waals surface area contributed by atoms with Crippen LogP contribution in [-0.4, -0.2) is 82.2 Å². The van der Waals surface area contributed by atoms with E-state index in [1.807, 2.05) is 45.3 Å². The van der Waals surface area contributed by atoms with Crippen molar-refractivity contribution in [2.75, 3.05) is 56.7 Å². The van der Waals surface area contributed by atoms with Crippen molar-refractivity contribution in [2.24, 2.45) is 0 Å². The maximum atomic E-state index is 13.1. The third-order valence-corrected chi connectivity index (χ3v) is 7.76. The lowest BCUT2D eigenvalue weighted by molar-refractivity contribution is 0.102. The van der Waals surface area contributed by atoms with E-state index < -0.39 is 5.41 Å². The lowest BCUT2D eigenvalue weighted by Crippen LogP contribution is -2.46. The van der Waals surface area contributed by atoms with Crippen LogP contribution in [0, 0.1) is 18.3 Å². The van der Waals surface area contributed by atoms with Crippen molar-refractivity contribution in [3.8, 4) is 23.0 Å². The van der Waals surface area contributed by atoms with Gasteiger partial charge in [0.1, 0.15) is 5.69 Å². The van der Waals surface area contributed by atoms with Crippen LogP contribution in [0.5, 0.6) is 0 Å². The monoisotopic (exact) mass is 579 g/mol. The van der Waals surface area contributed by atoms with Gasteiger partial charge in [0, 0.05) is 63.8 Å². The summed E-state index contributed by atoms with van der Waals surface area (Å²) in [5.74, 6) is -0.287. The fourth-order valence-corrected chi connectivity index (χ4v) is 5.06. The first-order valence-electron chi connectivity index (χ1n) is 14.4. The van der Waals surface area contributed by atoms with Crippen molar-refractivity contribution >= 4 is 17.3 Å². The quantitative estimate of drug-likeness (QED) is 0.275. The molecule has 1 aliphatic rings. The fraction of sp³-hybridized carbons (Fsp3) is 0.375. The highest BCUT2D eigenvalue weighted by Gasteiger charge is 2.21. The number of aryl methyl sites for hydroxylation is 1. The molecule has 0 atom stereocenters. The van der Waals surface area contributed by atoms with Gasteiger partial charge in [-0.3, -0.25) is 19.7 Å². The zero-order chi connectivity index (χ0) is 30.4. The topological polar surface area (TPSA) is 125 Å². The van der Waals surface area contributed by atoms with Crippen LogP contribution in [0.25, 0.3) is 16.9 Å². The van der Waals surface area contributed by atoms with Gasteiger partial charge in [0.15, 0.2) is 0 Å². The van der Waals surface area contributed by atoms with E-state index in [0.717, 1.165) is 68.3 Å². The highest BCUT2D eigenvalue weighted by atomic mass is 16.5. The van der Waals surface area contributed by atoms with E-state index >= 15 is 0 Å². The number of carbonyl (C=O) groups excluding carboxylic acids is 1. The molecular weight excluding hydrogens is 542 g/mol. The van der Waals surface area contributed by atoms with Crippen molar-refractivity contribution in [2.45, 2.75) is 32.6 Å². The van der Waals surface area contributed by atoms with Gasteiger partial charge in [0.2, 0.25) is 0 Å². The van der Waals surface area contributed by atoms with Crippen LogP contribution >= 0.6 is 0 Å². The molecule has 1 aromatic carbocycles. The third kappa shape index (κ3) is 7.05. The number of carbonyl (C=O) groups is 1. The molecule has 0 spiro atoms. The Kier molecular flexibility index (Phi) is 9.09. The molecule has 3 aromatic heterocycles. The van der Waals surface area contributed by atoms with Gasteiger partial charge in [-0.15, -0.1) is 5.10 Å². The van der Waals surface area contributed by atoms with Gasteiger partial charge in [-0.25, -0.2) is 4.68 Å². The molecule has 1 saturated heterocycles. The summed E-state index contributed by atoms with van der Waals surface area (Å²) in [7, 11) is 1.74. The predicted octanol–water partition coefficient (Wildman–Crippen LogP) is 4.24. The number of nitriles is 1. The zero-order valence-corrected chi connectivity index (χ0v) is 25.1. The molecule has 222 valence electrons. The Morgan fingerprint density at radius 2 is 1.93 bits per heavy atom. The molecule has 5 rings (SSSR count). The summed E-state index contributed by atoms with van der Waals surface area (Å²) in [6.45, 7) is 11.3. The van der Waals surface area contributed by atoms with E-state index in [9.17, 15) is 10.1 Å². The summed E-state index contributed by atoms with van der Waals surface area (Å²) < 4.78 is 6.84. The lowest BCUT2D eigenvalue weighted by Gasteiger charge is -2.36. The molecule has 1 amide bonds. The Labute approximate surface area is 252 Å².